The molecule has 1 aromatic heterocycles. The largest absolute Gasteiger partial charge is 0.493 e. The Morgan fingerprint density at radius 3 is 2.32 bits per heavy atom. The molecule has 0 spiro atoms. The van der Waals surface area contributed by atoms with Crippen LogP contribution in [0.15, 0.2) is 42.5 Å². The fraction of sp³-hybridized carbons (Fsp3) is 0.273. The van der Waals surface area contributed by atoms with Crippen molar-refractivity contribution in [2.75, 3.05) is 26.6 Å². The summed E-state index contributed by atoms with van der Waals surface area (Å²) in [5.74, 6) is 2.02. The molecule has 9 heteroatoms. The summed E-state index contributed by atoms with van der Waals surface area (Å²) < 4.78 is 17.8. The molecule has 31 heavy (non-hydrogen) atoms. The third kappa shape index (κ3) is 4.50. The Morgan fingerprint density at radius 2 is 1.74 bits per heavy atom. The van der Waals surface area contributed by atoms with E-state index in [4.69, 9.17) is 14.2 Å². The van der Waals surface area contributed by atoms with Crippen molar-refractivity contribution in [1.29, 1.82) is 0 Å². The molecule has 1 N–H and O–H groups in total. The van der Waals surface area contributed by atoms with E-state index in [1.165, 1.54) is 6.08 Å². The summed E-state index contributed by atoms with van der Waals surface area (Å²) in [5, 5.41) is 14.8. The topological polar surface area (TPSA) is 100 Å². The minimum atomic E-state index is -0.260. The van der Waals surface area contributed by atoms with Gasteiger partial charge in [0.15, 0.2) is 17.3 Å². The third-order valence-electron chi connectivity index (χ3n) is 4.91. The van der Waals surface area contributed by atoms with Gasteiger partial charge >= 0.3 is 0 Å². The zero-order valence-electron chi connectivity index (χ0n) is 17.5. The third-order valence-corrected chi connectivity index (χ3v) is 4.91. The van der Waals surface area contributed by atoms with E-state index in [9.17, 15) is 4.79 Å². The average Bonchev–Trinajstić information content (AvgIpc) is 3.53. The fourth-order valence-electron chi connectivity index (χ4n) is 3.20. The molecule has 2 aromatic carbocycles. The zero-order valence-corrected chi connectivity index (χ0v) is 17.5. The van der Waals surface area contributed by atoms with Crippen LogP contribution in [0.2, 0.25) is 0 Å². The molecule has 0 atom stereocenters. The summed E-state index contributed by atoms with van der Waals surface area (Å²) in [6, 6.07) is 11.4. The van der Waals surface area contributed by atoms with E-state index in [1.807, 2.05) is 28.9 Å². The van der Waals surface area contributed by atoms with Crippen LogP contribution >= 0.6 is 0 Å². The lowest BCUT2D eigenvalue weighted by Crippen LogP contribution is -2.07. The molecule has 1 fully saturated rings. The lowest BCUT2D eigenvalue weighted by molar-refractivity contribution is -0.111. The van der Waals surface area contributed by atoms with Gasteiger partial charge in [-0.1, -0.05) is 0 Å². The van der Waals surface area contributed by atoms with Gasteiger partial charge in [-0.05, 0) is 71.3 Å². The first-order valence-corrected chi connectivity index (χ1v) is 9.80. The van der Waals surface area contributed by atoms with Gasteiger partial charge in [-0.15, -0.1) is 5.10 Å². The molecular formula is C22H23N5O4. The monoisotopic (exact) mass is 421 g/mol. The van der Waals surface area contributed by atoms with Crippen LogP contribution in [0.4, 0.5) is 5.69 Å². The summed E-state index contributed by atoms with van der Waals surface area (Å²) in [4.78, 5) is 12.4. The number of aromatic nitrogens is 4. The first-order valence-electron chi connectivity index (χ1n) is 9.80. The van der Waals surface area contributed by atoms with Crippen LogP contribution in [-0.2, 0) is 4.79 Å². The molecule has 4 rings (SSSR count). The van der Waals surface area contributed by atoms with E-state index in [1.54, 1.807) is 39.5 Å². The van der Waals surface area contributed by atoms with Gasteiger partial charge in [0, 0.05) is 17.3 Å². The maximum Gasteiger partial charge on any atom is 0.248 e. The lowest BCUT2D eigenvalue weighted by Gasteiger charge is -2.12. The van der Waals surface area contributed by atoms with Crippen molar-refractivity contribution >= 4 is 17.7 Å². The number of nitrogens with one attached hydrogen (secondary N) is 1. The predicted octanol–water partition coefficient (Wildman–Crippen LogP) is 3.35. The standard InChI is InChI=1S/C22H23N5O4/c1-29-18-12-14(13-19(30-2)21(18)31-3)4-11-20(28)23-16-7-5-15(6-8-16)22-24-25-26-27(22)17-9-10-17/h4-8,11-13,17H,9-10H2,1-3H3,(H,23,28). The van der Waals surface area contributed by atoms with Crippen molar-refractivity contribution in [3.63, 3.8) is 0 Å². The molecule has 1 aliphatic rings. The Morgan fingerprint density at radius 1 is 1.06 bits per heavy atom. The zero-order chi connectivity index (χ0) is 21.8. The number of tetrazole rings is 1. The van der Waals surface area contributed by atoms with Gasteiger partial charge < -0.3 is 19.5 Å². The van der Waals surface area contributed by atoms with Gasteiger partial charge in [-0.2, -0.15) is 0 Å². The first-order chi connectivity index (χ1) is 15.1. The van der Waals surface area contributed by atoms with Crippen molar-refractivity contribution in [2.45, 2.75) is 18.9 Å². The van der Waals surface area contributed by atoms with E-state index in [2.05, 4.69) is 20.8 Å². The normalized spacial score (nSPS) is 13.3. The van der Waals surface area contributed by atoms with Crippen molar-refractivity contribution in [3.8, 4) is 28.6 Å². The van der Waals surface area contributed by atoms with Crippen LogP contribution in [0.3, 0.4) is 0 Å². The Kier molecular flexibility index (Phi) is 5.83. The molecule has 1 amide bonds. The van der Waals surface area contributed by atoms with Crippen molar-refractivity contribution in [2.24, 2.45) is 0 Å². The summed E-state index contributed by atoms with van der Waals surface area (Å²) in [5.41, 5.74) is 2.32. The second-order valence-electron chi connectivity index (χ2n) is 7.04. The van der Waals surface area contributed by atoms with Crippen LogP contribution in [0.1, 0.15) is 24.4 Å². The van der Waals surface area contributed by atoms with E-state index < -0.39 is 0 Å². The number of benzene rings is 2. The van der Waals surface area contributed by atoms with E-state index in [0.717, 1.165) is 29.8 Å². The van der Waals surface area contributed by atoms with Gasteiger partial charge in [0.25, 0.3) is 0 Å². The second-order valence-corrected chi connectivity index (χ2v) is 7.04. The van der Waals surface area contributed by atoms with Crippen LogP contribution in [0.25, 0.3) is 17.5 Å². The summed E-state index contributed by atoms with van der Waals surface area (Å²) in [7, 11) is 4.63. The lowest BCUT2D eigenvalue weighted by atomic mass is 10.1. The van der Waals surface area contributed by atoms with Crippen LogP contribution in [0.5, 0.6) is 17.2 Å². The Bertz CT molecular complexity index is 1080. The number of nitrogens with zero attached hydrogens (tertiary/aromatic N) is 4. The number of ether oxygens (including phenoxy) is 3. The molecule has 1 heterocycles. The van der Waals surface area contributed by atoms with Gasteiger partial charge in [0.1, 0.15) is 0 Å². The summed E-state index contributed by atoms with van der Waals surface area (Å²) >= 11 is 0. The van der Waals surface area contributed by atoms with E-state index >= 15 is 0 Å². The SMILES string of the molecule is COc1cc(C=CC(=O)Nc2ccc(-c3nnnn3C3CC3)cc2)cc(OC)c1OC. The first kappa shape index (κ1) is 20.4. The van der Waals surface area contributed by atoms with E-state index in [0.29, 0.717) is 29.0 Å². The average molecular weight is 421 g/mol. The highest BCUT2D eigenvalue weighted by molar-refractivity contribution is 6.02. The van der Waals surface area contributed by atoms with Crippen molar-refractivity contribution in [1.82, 2.24) is 20.2 Å². The highest BCUT2D eigenvalue weighted by atomic mass is 16.5. The summed E-state index contributed by atoms with van der Waals surface area (Å²) in [6.07, 6.45) is 5.33. The quantitative estimate of drug-likeness (QED) is 0.557. The number of anilines is 1. The number of carbonyl (C=O) groups is 1. The molecule has 1 saturated carbocycles. The van der Waals surface area contributed by atoms with Gasteiger partial charge in [0.2, 0.25) is 11.7 Å². The number of hydrogen-bond acceptors (Lipinski definition) is 7. The summed E-state index contributed by atoms with van der Waals surface area (Å²) in [6.45, 7) is 0. The number of rotatable bonds is 8. The molecule has 0 radical (unpaired) electrons. The minimum Gasteiger partial charge on any atom is -0.493 e. The number of carbonyl (C=O) groups excluding carboxylic acids is 1. The Balaban J connectivity index is 1.44. The molecule has 0 saturated heterocycles. The Labute approximate surface area is 179 Å². The van der Waals surface area contributed by atoms with Crippen LogP contribution in [-0.4, -0.2) is 47.4 Å². The van der Waals surface area contributed by atoms with Gasteiger partial charge in [-0.3, -0.25) is 4.79 Å². The number of methoxy groups -OCH3 is 3. The second kappa shape index (κ2) is 8.86. The maximum atomic E-state index is 12.4. The van der Waals surface area contributed by atoms with Crippen molar-refractivity contribution < 1.29 is 19.0 Å². The maximum absolute atomic E-state index is 12.4. The molecule has 1 aliphatic carbocycles. The van der Waals surface area contributed by atoms with Crippen LogP contribution < -0.4 is 19.5 Å². The molecule has 160 valence electrons. The van der Waals surface area contributed by atoms with Gasteiger partial charge in [0.05, 0.1) is 27.4 Å². The fourth-order valence-corrected chi connectivity index (χ4v) is 3.20. The Hall–Kier alpha value is -3.88. The van der Waals surface area contributed by atoms with E-state index in [-0.39, 0.29) is 5.91 Å². The minimum absolute atomic E-state index is 0.260. The smallest absolute Gasteiger partial charge is 0.248 e. The predicted molar refractivity (Wildman–Crippen MR) is 115 cm³/mol. The molecule has 0 aliphatic heterocycles. The number of hydrogen-bond donors (Lipinski definition) is 1. The molecule has 0 bridgehead atoms. The molecular weight excluding hydrogens is 398 g/mol. The number of amides is 1. The molecule has 3 aromatic rings. The van der Waals surface area contributed by atoms with Crippen molar-refractivity contribution in [3.05, 3.63) is 48.0 Å². The van der Waals surface area contributed by atoms with Gasteiger partial charge in [-0.25, -0.2) is 4.68 Å². The molecule has 9 nitrogen and oxygen atoms in total. The molecule has 0 unspecified atom stereocenters. The van der Waals surface area contributed by atoms with Crippen LogP contribution in [0, 0.1) is 0 Å². The highest BCUT2D eigenvalue weighted by Crippen LogP contribution is 2.38. The highest BCUT2D eigenvalue weighted by Gasteiger charge is 2.28.